The number of pyridine rings is 1. The fraction of sp³-hybridized carbons (Fsp3) is 0.412. The van der Waals surface area contributed by atoms with E-state index in [1.165, 1.54) is 32.1 Å². The lowest BCUT2D eigenvalue weighted by molar-refractivity contribution is 0.251. The minimum atomic E-state index is -0.370. The Morgan fingerprint density at radius 2 is 2.05 bits per heavy atom. The van der Waals surface area contributed by atoms with Crippen LogP contribution in [0.3, 0.4) is 0 Å². The highest BCUT2D eigenvalue weighted by Gasteiger charge is 2.21. The maximum atomic E-state index is 11.9. The molecule has 21 heavy (non-hydrogen) atoms. The molecule has 4 nitrogen and oxygen atoms in total. The van der Waals surface area contributed by atoms with Crippen LogP contribution in [-0.4, -0.2) is 17.6 Å². The van der Waals surface area contributed by atoms with E-state index in [1.807, 2.05) is 30.5 Å². The third-order valence-corrected chi connectivity index (χ3v) is 4.38. The average molecular weight is 283 g/mol. The molecule has 2 N–H and O–H groups in total. The maximum absolute atomic E-state index is 11.9. The van der Waals surface area contributed by atoms with Crippen molar-refractivity contribution in [3.8, 4) is 0 Å². The Morgan fingerprint density at radius 3 is 2.81 bits per heavy atom. The molecule has 1 fully saturated rings. The molecule has 1 aliphatic carbocycles. The lowest BCUT2D eigenvalue weighted by Crippen LogP contribution is -2.40. The molecule has 0 aliphatic heterocycles. The Labute approximate surface area is 125 Å². The fourth-order valence-corrected chi connectivity index (χ4v) is 3.28. The van der Waals surface area contributed by atoms with Gasteiger partial charge in [-0.05, 0) is 30.9 Å². The Kier molecular flexibility index (Phi) is 4.04. The predicted octanol–water partition coefficient (Wildman–Crippen LogP) is 3.70. The molecule has 1 aromatic heterocycles. The van der Waals surface area contributed by atoms with Crippen LogP contribution in [0.2, 0.25) is 0 Å². The van der Waals surface area contributed by atoms with Gasteiger partial charge in [-0.3, -0.25) is 9.88 Å². The number of nitrogens with zero attached hydrogens (tertiary/aromatic N) is 2. The van der Waals surface area contributed by atoms with Gasteiger partial charge in [-0.25, -0.2) is 4.79 Å². The minimum Gasteiger partial charge on any atom is -0.351 e. The summed E-state index contributed by atoms with van der Waals surface area (Å²) >= 11 is 0. The summed E-state index contributed by atoms with van der Waals surface area (Å²) in [6.07, 6.45) is 9.79. The summed E-state index contributed by atoms with van der Waals surface area (Å²) in [5.74, 6) is 0.559. The van der Waals surface area contributed by atoms with Crippen molar-refractivity contribution in [2.24, 2.45) is 11.7 Å². The number of nitrogens with two attached hydrogens (primary N) is 1. The Bertz CT molecular complexity index is 629. The van der Waals surface area contributed by atoms with Crippen LogP contribution in [0.4, 0.5) is 10.5 Å². The third kappa shape index (κ3) is 2.99. The van der Waals surface area contributed by atoms with Crippen molar-refractivity contribution >= 4 is 22.5 Å². The quantitative estimate of drug-likeness (QED) is 0.933. The van der Waals surface area contributed by atoms with Gasteiger partial charge in [0.1, 0.15) is 0 Å². The van der Waals surface area contributed by atoms with E-state index < -0.39 is 0 Å². The van der Waals surface area contributed by atoms with Crippen LogP contribution in [-0.2, 0) is 0 Å². The van der Waals surface area contributed by atoms with E-state index in [-0.39, 0.29) is 6.03 Å². The van der Waals surface area contributed by atoms with Crippen LogP contribution in [0, 0.1) is 5.92 Å². The lowest BCUT2D eigenvalue weighted by Gasteiger charge is -2.29. The summed E-state index contributed by atoms with van der Waals surface area (Å²) < 4.78 is 0. The Hall–Kier alpha value is -2.10. The van der Waals surface area contributed by atoms with Gasteiger partial charge < -0.3 is 5.73 Å². The molecular formula is C17H21N3O. The Morgan fingerprint density at radius 1 is 1.24 bits per heavy atom. The SMILES string of the molecule is NC(=O)N(CC1CCCCC1)c1cccc2cnccc12. The third-order valence-electron chi connectivity index (χ3n) is 4.38. The molecule has 0 spiro atoms. The fourth-order valence-electron chi connectivity index (χ4n) is 3.28. The summed E-state index contributed by atoms with van der Waals surface area (Å²) in [6, 6.07) is 7.50. The first kappa shape index (κ1) is 13.9. The highest BCUT2D eigenvalue weighted by Crippen LogP contribution is 2.30. The summed E-state index contributed by atoms with van der Waals surface area (Å²) in [4.78, 5) is 17.8. The second kappa shape index (κ2) is 6.12. The number of anilines is 1. The van der Waals surface area contributed by atoms with Crippen molar-refractivity contribution in [2.75, 3.05) is 11.4 Å². The second-order valence-corrected chi connectivity index (χ2v) is 5.83. The molecule has 0 saturated heterocycles. The van der Waals surface area contributed by atoms with Crippen LogP contribution in [0.5, 0.6) is 0 Å². The second-order valence-electron chi connectivity index (χ2n) is 5.83. The molecule has 0 bridgehead atoms. The lowest BCUT2D eigenvalue weighted by atomic mass is 9.89. The van der Waals surface area contributed by atoms with Crippen LogP contribution in [0.25, 0.3) is 10.8 Å². The summed E-state index contributed by atoms with van der Waals surface area (Å²) in [5.41, 5.74) is 6.54. The monoisotopic (exact) mass is 283 g/mol. The molecule has 2 amide bonds. The zero-order valence-electron chi connectivity index (χ0n) is 12.2. The van der Waals surface area contributed by atoms with E-state index in [0.29, 0.717) is 5.92 Å². The van der Waals surface area contributed by atoms with Crippen LogP contribution < -0.4 is 10.6 Å². The number of primary amides is 1. The molecule has 1 saturated carbocycles. The molecule has 1 aromatic carbocycles. The molecule has 1 aliphatic rings. The van der Waals surface area contributed by atoms with Gasteiger partial charge in [0.25, 0.3) is 0 Å². The number of fused-ring (bicyclic) bond motifs is 1. The topological polar surface area (TPSA) is 59.2 Å². The van der Waals surface area contributed by atoms with Gasteiger partial charge in [0.05, 0.1) is 5.69 Å². The number of carbonyl (C=O) groups excluding carboxylic acids is 1. The van der Waals surface area contributed by atoms with Crippen LogP contribution in [0.15, 0.2) is 36.7 Å². The van der Waals surface area contributed by atoms with Gasteiger partial charge >= 0.3 is 6.03 Å². The predicted molar refractivity (Wildman–Crippen MR) is 85.2 cm³/mol. The van der Waals surface area contributed by atoms with Crippen molar-refractivity contribution in [2.45, 2.75) is 32.1 Å². The van der Waals surface area contributed by atoms with Gasteiger partial charge in [0.15, 0.2) is 0 Å². The van der Waals surface area contributed by atoms with Crippen molar-refractivity contribution in [3.05, 3.63) is 36.7 Å². The number of carbonyl (C=O) groups is 1. The molecule has 0 radical (unpaired) electrons. The van der Waals surface area contributed by atoms with Gasteiger partial charge in [-0.15, -0.1) is 0 Å². The van der Waals surface area contributed by atoms with E-state index in [0.717, 1.165) is 23.0 Å². The van der Waals surface area contributed by atoms with Gasteiger partial charge in [0.2, 0.25) is 0 Å². The smallest absolute Gasteiger partial charge is 0.319 e. The molecule has 3 rings (SSSR count). The van der Waals surface area contributed by atoms with Crippen molar-refractivity contribution < 1.29 is 4.79 Å². The zero-order valence-corrected chi connectivity index (χ0v) is 12.2. The average Bonchev–Trinajstić information content (AvgIpc) is 2.53. The number of aromatic nitrogens is 1. The van der Waals surface area contributed by atoms with Crippen LogP contribution >= 0.6 is 0 Å². The molecule has 0 unspecified atom stereocenters. The van der Waals surface area contributed by atoms with E-state index in [4.69, 9.17) is 5.73 Å². The van der Waals surface area contributed by atoms with Gasteiger partial charge in [0, 0.05) is 29.7 Å². The highest BCUT2D eigenvalue weighted by atomic mass is 16.2. The normalized spacial score (nSPS) is 16.0. The number of rotatable bonds is 3. The van der Waals surface area contributed by atoms with E-state index in [2.05, 4.69) is 4.98 Å². The first-order valence-electron chi connectivity index (χ1n) is 7.65. The van der Waals surface area contributed by atoms with E-state index in [9.17, 15) is 4.79 Å². The standard InChI is InChI=1S/C17H21N3O/c18-17(21)20(12-13-5-2-1-3-6-13)16-8-4-7-14-11-19-10-9-15(14)16/h4,7-11,13H,1-3,5-6,12H2,(H2,18,21). The minimum absolute atomic E-state index is 0.370. The molecule has 1 heterocycles. The Balaban J connectivity index is 1.93. The summed E-state index contributed by atoms with van der Waals surface area (Å²) in [6.45, 7) is 0.719. The molecule has 4 heteroatoms. The molecule has 0 atom stereocenters. The van der Waals surface area contributed by atoms with Crippen molar-refractivity contribution in [1.82, 2.24) is 4.98 Å². The summed E-state index contributed by atoms with van der Waals surface area (Å²) in [5, 5.41) is 2.06. The number of hydrogen-bond donors (Lipinski definition) is 1. The van der Waals surface area contributed by atoms with E-state index >= 15 is 0 Å². The largest absolute Gasteiger partial charge is 0.351 e. The number of benzene rings is 1. The summed E-state index contributed by atoms with van der Waals surface area (Å²) in [7, 11) is 0. The van der Waals surface area contributed by atoms with Crippen LogP contribution in [0.1, 0.15) is 32.1 Å². The number of urea groups is 1. The first-order chi connectivity index (χ1) is 10.3. The van der Waals surface area contributed by atoms with E-state index in [1.54, 1.807) is 11.1 Å². The maximum Gasteiger partial charge on any atom is 0.319 e. The van der Waals surface area contributed by atoms with Crippen molar-refractivity contribution in [1.29, 1.82) is 0 Å². The zero-order chi connectivity index (χ0) is 14.7. The highest BCUT2D eigenvalue weighted by molar-refractivity contribution is 6.02. The van der Waals surface area contributed by atoms with Gasteiger partial charge in [-0.1, -0.05) is 31.4 Å². The van der Waals surface area contributed by atoms with Crippen molar-refractivity contribution in [3.63, 3.8) is 0 Å². The first-order valence-corrected chi connectivity index (χ1v) is 7.65. The van der Waals surface area contributed by atoms with Gasteiger partial charge in [-0.2, -0.15) is 0 Å². The molecule has 2 aromatic rings. The number of hydrogen-bond acceptors (Lipinski definition) is 2. The molecular weight excluding hydrogens is 262 g/mol. The molecule has 110 valence electrons. The number of amides is 2.